The molecule has 6 atom stereocenters. The zero-order valence-corrected chi connectivity index (χ0v) is 22.0. The van der Waals surface area contributed by atoms with Crippen LogP contribution in [-0.2, 0) is 28.5 Å². The van der Waals surface area contributed by atoms with Crippen LogP contribution in [0.3, 0.4) is 0 Å². The number of aliphatic hydroxyl groups excluding tert-OH is 4. The van der Waals surface area contributed by atoms with Crippen LogP contribution in [0.15, 0.2) is 0 Å². The lowest BCUT2D eigenvalue weighted by Crippen LogP contribution is -2.59. The van der Waals surface area contributed by atoms with E-state index >= 15 is 0 Å². The molecule has 0 aromatic carbocycles. The molecule has 0 radical (unpaired) electrons. The lowest BCUT2D eigenvalue weighted by atomic mass is 9.99. The third kappa shape index (κ3) is 13.3. The van der Waals surface area contributed by atoms with Gasteiger partial charge in [0.25, 0.3) is 0 Å². The van der Waals surface area contributed by atoms with Crippen molar-refractivity contribution in [2.45, 2.75) is 134 Å². The molecule has 1 aliphatic heterocycles. The van der Waals surface area contributed by atoms with E-state index in [1.807, 2.05) is 6.92 Å². The lowest BCUT2D eigenvalue weighted by molar-refractivity contribution is -0.305. The van der Waals surface area contributed by atoms with E-state index < -0.39 is 55.4 Å². The number of esters is 2. The monoisotopic (exact) mass is 520 g/mol. The summed E-state index contributed by atoms with van der Waals surface area (Å²) in [4.78, 5) is 24.1. The van der Waals surface area contributed by atoms with E-state index in [0.29, 0.717) is 12.8 Å². The number of rotatable bonds is 20. The number of hydrogen-bond acceptors (Lipinski definition) is 10. The molecule has 1 fully saturated rings. The second-order valence-electron chi connectivity index (χ2n) is 9.51. The van der Waals surface area contributed by atoms with Crippen LogP contribution < -0.4 is 0 Å². The number of unbranched alkanes of at least 4 members (excludes halogenated alkanes) is 9. The van der Waals surface area contributed by atoms with Crippen LogP contribution in [-0.4, -0.2) is 89.0 Å². The minimum Gasteiger partial charge on any atom is -0.462 e. The van der Waals surface area contributed by atoms with Gasteiger partial charge in [-0.25, -0.2) is 0 Å². The summed E-state index contributed by atoms with van der Waals surface area (Å²) in [5.74, 6) is -0.871. The quantitative estimate of drug-likeness (QED) is 0.139. The van der Waals surface area contributed by atoms with Crippen molar-refractivity contribution in [2.24, 2.45) is 0 Å². The molecule has 0 amide bonds. The molecule has 0 saturated carbocycles. The number of carbonyl (C=O) groups excluding carboxylic acids is 2. The summed E-state index contributed by atoms with van der Waals surface area (Å²) in [5, 5.41) is 39.2. The third-order valence-corrected chi connectivity index (χ3v) is 6.21. The van der Waals surface area contributed by atoms with Crippen LogP contribution in [0.25, 0.3) is 0 Å². The predicted octanol–water partition coefficient (Wildman–Crippen LogP) is 2.37. The van der Waals surface area contributed by atoms with Crippen LogP contribution in [0.5, 0.6) is 0 Å². The second-order valence-corrected chi connectivity index (χ2v) is 9.51. The van der Waals surface area contributed by atoms with Crippen molar-refractivity contribution in [3.05, 3.63) is 0 Å². The number of carbonyl (C=O) groups is 2. The van der Waals surface area contributed by atoms with E-state index in [4.69, 9.17) is 18.9 Å². The fourth-order valence-electron chi connectivity index (χ4n) is 3.99. The first-order chi connectivity index (χ1) is 17.3. The van der Waals surface area contributed by atoms with Crippen LogP contribution in [0.4, 0.5) is 0 Å². The summed E-state index contributed by atoms with van der Waals surface area (Å²) in [6, 6.07) is 0. The van der Waals surface area contributed by atoms with Crippen molar-refractivity contribution in [1.82, 2.24) is 0 Å². The third-order valence-electron chi connectivity index (χ3n) is 6.21. The molecule has 0 unspecified atom stereocenters. The smallest absolute Gasteiger partial charge is 0.306 e. The molecule has 1 saturated heterocycles. The first-order valence-electron chi connectivity index (χ1n) is 13.6. The van der Waals surface area contributed by atoms with E-state index in [1.54, 1.807) is 0 Å². The summed E-state index contributed by atoms with van der Waals surface area (Å²) in [6.07, 6.45) is 4.46. The van der Waals surface area contributed by atoms with Gasteiger partial charge in [-0.1, -0.05) is 71.6 Å². The maximum Gasteiger partial charge on any atom is 0.306 e. The summed E-state index contributed by atoms with van der Waals surface area (Å²) in [5.41, 5.74) is 0. The summed E-state index contributed by atoms with van der Waals surface area (Å²) in [6.45, 7) is 2.97. The summed E-state index contributed by atoms with van der Waals surface area (Å²) in [7, 11) is 0. The van der Waals surface area contributed by atoms with Crippen molar-refractivity contribution in [3.8, 4) is 0 Å². The molecule has 1 aliphatic rings. The van der Waals surface area contributed by atoms with Crippen molar-refractivity contribution in [2.75, 3.05) is 19.8 Å². The molecule has 10 nitrogen and oxygen atoms in total. The predicted molar refractivity (Wildman–Crippen MR) is 132 cm³/mol. The Morgan fingerprint density at radius 2 is 1.36 bits per heavy atom. The Labute approximate surface area is 215 Å². The average Bonchev–Trinajstić information content (AvgIpc) is 2.86. The zero-order chi connectivity index (χ0) is 26.8. The van der Waals surface area contributed by atoms with Crippen molar-refractivity contribution in [3.63, 3.8) is 0 Å². The highest BCUT2D eigenvalue weighted by Crippen LogP contribution is 2.22. The van der Waals surface area contributed by atoms with Gasteiger partial charge in [0.05, 0.1) is 13.2 Å². The highest BCUT2D eigenvalue weighted by atomic mass is 16.7. The first kappa shape index (κ1) is 32.7. The summed E-state index contributed by atoms with van der Waals surface area (Å²) >= 11 is 0. The van der Waals surface area contributed by atoms with E-state index in [0.717, 1.165) is 19.3 Å². The maximum absolute atomic E-state index is 12.4. The van der Waals surface area contributed by atoms with Crippen molar-refractivity contribution >= 4 is 11.9 Å². The SMILES string of the molecule is CCCCCCCCCCCCC(=O)O[C@H](COC(=O)CCC)CO[C@@H]1O[C@H](CO)[C@H](O)[C@H](O)[C@H]1O. The summed E-state index contributed by atoms with van der Waals surface area (Å²) < 4.78 is 21.4. The Morgan fingerprint density at radius 3 is 1.94 bits per heavy atom. The Balaban J connectivity index is 2.43. The Hall–Kier alpha value is -1.30. The van der Waals surface area contributed by atoms with E-state index in [-0.39, 0.29) is 26.1 Å². The molecule has 0 bridgehead atoms. The van der Waals surface area contributed by atoms with E-state index in [9.17, 15) is 30.0 Å². The maximum atomic E-state index is 12.4. The standard InChI is InChI=1S/C26H48O10/c1-3-5-6-7-8-9-10-11-12-13-15-22(29)35-19(17-33-21(28)14-4-2)18-34-26-25(32)24(31)23(30)20(16-27)36-26/h19-20,23-27,30-32H,3-18H2,1-2H3/t19-,20-,23+,24+,25-,26-/m1/s1. The molecule has 36 heavy (non-hydrogen) atoms. The molecular weight excluding hydrogens is 472 g/mol. The van der Waals surface area contributed by atoms with Crippen LogP contribution in [0, 0.1) is 0 Å². The molecule has 10 heteroatoms. The van der Waals surface area contributed by atoms with E-state index in [1.165, 1.54) is 38.5 Å². The Bertz CT molecular complexity index is 585. The van der Waals surface area contributed by atoms with Gasteiger partial charge in [-0.05, 0) is 12.8 Å². The van der Waals surface area contributed by atoms with Gasteiger partial charge in [-0.2, -0.15) is 0 Å². The topological polar surface area (TPSA) is 152 Å². The fraction of sp³-hybridized carbons (Fsp3) is 0.923. The van der Waals surface area contributed by atoms with Gasteiger partial charge in [0.2, 0.25) is 0 Å². The number of ether oxygens (including phenoxy) is 4. The van der Waals surface area contributed by atoms with Gasteiger partial charge >= 0.3 is 11.9 Å². The van der Waals surface area contributed by atoms with Crippen molar-refractivity contribution < 1.29 is 49.0 Å². The van der Waals surface area contributed by atoms with Gasteiger partial charge in [0, 0.05) is 12.8 Å². The number of aliphatic hydroxyl groups is 4. The van der Waals surface area contributed by atoms with Crippen molar-refractivity contribution in [1.29, 1.82) is 0 Å². The molecule has 0 aliphatic carbocycles. The molecule has 1 heterocycles. The van der Waals surface area contributed by atoms with Crippen LogP contribution >= 0.6 is 0 Å². The van der Waals surface area contributed by atoms with Gasteiger partial charge in [-0.3, -0.25) is 9.59 Å². The highest BCUT2D eigenvalue weighted by Gasteiger charge is 2.44. The molecule has 4 N–H and O–H groups in total. The van der Waals surface area contributed by atoms with Crippen LogP contribution in [0.2, 0.25) is 0 Å². The lowest BCUT2D eigenvalue weighted by Gasteiger charge is -2.39. The van der Waals surface area contributed by atoms with Crippen LogP contribution in [0.1, 0.15) is 97.3 Å². The van der Waals surface area contributed by atoms with Gasteiger partial charge < -0.3 is 39.4 Å². The Kier molecular flexibility index (Phi) is 18.0. The highest BCUT2D eigenvalue weighted by molar-refractivity contribution is 5.70. The van der Waals surface area contributed by atoms with Gasteiger partial charge in [-0.15, -0.1) is 0 Å². The molecule has 1 rings (SSSR count). The minimum atomic E-state index is -1.58. The Morgan fingerprint density at radius 1 is 0.750 bits per heavy atom. The molecule has 0 aromatic rings. The van der Waals surface area contributed by atoms with Gasteiger partial charge in [0.15, 0.2) is 12.4 Å². The van der Waals surface area contributed by atoms with E-state index in [2.05, 4.69) is 6.92 Å². The molecule has 0 spiro atoms. The second kappa shape index (κ2) is 19.8. The number of hydrogen-bond donors (Lipinski definition) is 4. The normalized spacial score (nSPS) is 24.9. The largest absolute Gasteiger partial charge is 0.462 e. The molecule has 212 valence electrons. The molecular formula is C26H48O10. The molecule has 0 aromatic heterocycles. The van der Waals surface area contributed by atoms with Gasteiger partial charge in [0.1, 0.15) is 31.0 Å². The first-order valence-corrected chi connectivity index (χ1v) is 13.6. The minimum absolute atomic E-state index is 0.222. The average molecular weight is 521 g/mol. The fourth-order valence-corrected chi connectivity index (χ4v) is 3.99. The zero-order valence-electron chi connectivity index (χ0n) is 22.0.